The first-order valence-electron chi connectivity index (χ1n) is 17.5. The average Bonchev–Trinajstić information content (AvgIpc) is 3.86. The topological polar surface area (TPSA) is 0 Å². The molecule has 0 amide bonds. The van der Waals surface area contributed by atoms with Crippen LogP contribution in [0.25, 0.3) is 0 Å². The molecule has 0 bridgehead atoms. The molecule has 35 heavy (non-hydrogen) atoms. The maximum absolute atomic E-state index is 2.00. The van der Waals surface area contributed by atoms with Gasteiger partial charge in [-0.25, -0.2) is 0 Å². The second-order valence-electron chi connectivity index (χ2n) is 5.30. The predicted molar refractivity (Wildman–Crippen MR) is 183 cm³/mol. The van der Waals surface area contributed by atoms with E-state index in [0.717, 1.165) is 0 Å². The Morgan fingerprint density at radius 1 is 0.114 bits per heavy atom. The van der Waals surface area contributed by atoms with Crippen LogP contribution >= 0.6 is 0 Å². The summed E-state index contributed by atoms with van der Waals surface area (Å²) in [5.41, 5.74) is 0. The summed E-state index contributed by atoms with van der Waals surface area (Å²) in [7, 11) is 0. The van der Waals surface area contributed by atoms with Gasteiger partial charge in [0.15, 0.2) is 0 Å². The third kappa shape index (κ3) is 1390. The van der Waals surface area contributed by atoms with Gasteiger partial charge in [0, 0.05) is 0 Å². The Hall–Kier alpha value is 0. The lowest BCUT2D eigenvalue weighted by Crippen LogP contribution is -0.856. The molecule has 5 saturated carbocycles. The summed E-state index contributed by atoms with van der Waals surface area (Å²) in [4.78, 5) is 0. The van der Waals surface area contributed by atoms with Crippen molar-refractivity contribution in [3.8, 4) is 0 Å². The van der Waals surface area contributed by atoms with Gasteiger partial charge in [0.1, 0.15) is 0 Å². The second kappa shape index (κ2) is 165. The van der Waals surface area contributed by atoms with E-state index in [1.165, 1.54) is 96.3 Å². The standard InChI is InChI=1S/5C3H6.10C2H6/c5*1-2-3-1;10*1-2/h5*1-3H2;10*1-2H3. The molecule has 0 heteroatoms. The van der Waals surface area contributed by atoms with Crippen molar-refractivity contribution in [1.82, 2.24) is 0 Å². The third-order valence-electron chi connectivity index (χ3n) is 1.77. The van der Waals surface area contributed by atoms with Gasteiger partial charge in [-0.15, -0.1) is 0 Å². The summed E-state index contributed by atoms with van der Waals surface area (Å²) in [5.74, 6) is 0. The number of hydrogen-bond donors (Lipinski definition) is 0. The molecular formula is C35H90. The van der Waals surface area contributed by atoms with E-state index in [9.17, 15) is 0 Å². The van der Waals surface area contributed by atoms with E-state index in [-0.39, 0.29) is 0 Å². The molecular weight excluding hydrogens is 420 g/mol. The van der Waals surface area contributed by atoms with Crippen LogP contribution < -0.4 is 0 Å². The fourth-order valence-electron chi connectivity index (χ4n) is 0. The van der Waals surface area contributed by atoms with Gasteiger partial charge >= 0.3 is 0 Å². The first-order valence-corrected chi connectivity index (χ1v) is 17.5. The molecule has 0 aromatic rings. The van der Waals surface area contributed by atoms with Crippen molar-refractivity contribution in [2.24, 2.45) is 0 Å². The zero-order chi connectivity index (χ0) is 30.6. The summed E-state index contributed by atoms with van der Waals surface area (Å²) in [6, 6.07) is 0. The quantitative estimate of drug-likeness (QED) is 0.304. The first-order chi connectivity index (χ1) is 17.5. The van der Waals surface area contributed by atoms with Gasteiger partial charge in [0.25, 0.3) is 0 Å². The first kappa shape index (κ1) is 64.7. The summed E-state index contributed by atoms with van der Waals surface area (Å²) >= 11 is 0. The third-order valence-corrected chi connectivity index (χ3v) is 1.77. The maximum atomic E-state index is 2.00. The summed E-state index contributed by atoms with van der Waals surface area (Å²) < 4.78 is 0. The van der Waals surface area contributed by atoms with Gasteiger partial charge in [0.05, 0.1) is 0 Å². The smallest absolute Gasteiger partial charge is 0.0533 e. The molecule has 0 spiro atoms. The van der Waals surface area contributed by atoms with E-state index in [4.69, 9.17) is 0 Å². The molecule has 230 valence electrons. The lowest BCUT2D eigenvalue weighted by Gasteiger charge is -1.07. The van der Waals surface area contributed by atoms with Crippen molar-refractivity contribution in [1.29, 1.82) is 0 Å². The zero-order valence-corrected chi connectivity index (χ0v) is 30.6. The minimum atomic E-state index is 1.50. The van der Waals surface area contributed by atoms with Crippen molar-refractivity contribution in [3.05, 3.63) is 0 Å². The number of rotatable bonds is 0. The van der Waals surface area contributed by atoms with Gasteiger partial charge in [-0.3, -0.25) is 0 Å². The Labute approximate surface area is 234 Å². The lowest BCUT2D eigenvalue weighted by molar-refractivity contribution is 1.50. The fraction of sp³-hybridized carbons (Fsp3) is 1.00. The van der Waals surface area contributed by atoms with Crippen molar-refractivity contribution in [2.45, 2.75) is 235 Å². The summed E-state index contributed by atoms with van der Waals surface area (Å²) in [6.07, 6.45) is 22.5. The SMILES string of the molecule is C1CC1.C1CC1.C1CC1.C1CC1.C1CC1.CC.CC.CC.CC.CC.CC.CC.CC.CC.CC. The van der Waals surface area contributed by atoms with E-state index in [0.29, 0.717) is 0 Å². The molecule has 5 aliphatic rings. The van der Waals surface area contributed by atoms with Crippen LogP contribution in [0.15, 0.2) is 0 Å². The van der Waals surface area contributed by atoms with E-state index in [2.05, 4.69) is 0 Å². The van der Waals surface area contributed by atoms with E-state index in [1.54, 1.807) is 0 Å². The van der Waals surface area contributed by atoms with Crippen molar-refractivity contribution < 1.29 is 0 Å². The van der Waals surface area contributed by atoms with Gasteiger partial charge in [-0.1, -0.05) is 235 Å². The molecule has 0 nitrogen and oxygen atoms in total. The predicted octanol–water partition coefficient (Wildman–Crippen LogP) is 16.1. The molecule has 0 radical (unpaired) electrons. The van der Waals surface area contributed by atoms with Gasteiger partial charge in [-0.2, -0.15) is 0 Å². The Morgan fingerprint density at radius 3 is 0.143 bits per heavy atom. The molecule has 0 saturated heterocycles. The van der Waals surface area contributed by atoms with Crippen LogP contribution in [-0.4, -0.2) is 0 Å². The van der Waals surface area contributed by atoms with E-state index in [1.807, 2.05) is 138 Å². The number of hydrogen-bond acceptors (Lipinski definition) is 0. The van der Waals surface area contributed by atoms with E-state index >= 15 is 0 Å². The summed E-state index contributed by atoms with van der Waals surface area (Å²) in [5, 5.41) is 0. The normalized spacial score (nSPS) is 12.0. The summed E-state index contributed by atoms with van der Waals surface area (Å²) in [6.45, 7) is 40.0. The monoisotopic (exact) mass is 511 g/mol. The highest BCUT2D eigenvalue weighted by atomic mass is 14.0. The minimum absolute atomic E-state index is 1.50. The van der Waals surface area contributed by atoms with Gasteiger partial charge in [0.2, 0.25) is 0 Å². The molecule has 5 rings (SSSR count). The fourth-order valence-corrected chi connectivity index (χ4v) is 0. The molecule has 0 aromatic carbocycles. The van der Waals surface area contributed by atoms with Gasteiger partial charge < -0.3 is 0 Å². The molecule has 5 fully saturated rings. The Balaban J connectivity index is -0.0000000241. The molecule has 0 unspecified atom stereocenters. The molecule has 0 aliphatic heterocycles. The molecule has 0 heterocycles. The van der Waals surface area contributed by atoms with Crippen LogP contribution in [0.1, 0.15) is 235 Å². The van der Waals surface area contributed by atoms with Gasteiger partial charge in [-0.05, 0) is 0 Å². The van der Waals surface area contributed by atoms with Crippen LogP contribution in [0.2, 0.25) is 0 Å². The van der Waals surface area contributed by atoms with Crippen LogP contribution in [0.5, 0.6) is 0 Å². The van der Waals surface area contributed by atoms with E-state index < -0.39 is 0 Å². The van der Waals surface area contributed by atoms with Crippen LogP contribution in [-0.2, 0) is 0 Å². The second-order valence-corrected chi connectivity index (χ2v) is 5.30. The highest BCUT2D eigenvalue weighted by molar-refractivity contribution is 4.52. The molecule has 5 aliphatic carbocycles. The molecule has 0 aromatic heterocycles. The van der Waals surface area contributed by atoms with Crippen molar-refractivity contribution in [2.75, 3.05) is 0 Å². The molecule has 0 atom stereocenters. The Morgan fingerprint density at radius 2 is 0.143 bits per heavy atom. The lowest BCUT2D eigenvalue weighted by atomic mass is 11.0. The minimum Gasteiger partial charge on any atom is -0.0683 e. The van der Waals surface area contributed by atoms with Crippen LogP contribution in [0.4, 0.5) is 0 Å². The van der Waals surface area contributed by atoms with Crippen LogP contribution in [0, 0.1) is 0 Å². The highest BCUT2D eigenvalue weighted by Crippen LogP contribution is 2.16. The Bertz CT molecular complexity index is 58.6. The van der Waals surface area contributed by atoms with Crippen molar-refractivity contribution in [3.63, 3.8) is 0 Å². The largest absolute Gasteiger partial charge is 0.0683 e. The Kier molecular flexibility index (Phi) is 304. The average molecular weight is 511 g/mol. The highest BCUT2D eigenvalue weighted by Gasteiger charge is 1.96. The maximum Gasteiger partial charge on any atom is -0.0533 e. The zero-order valence-electron chi connectivity index (χ0n) is 30.6. The van der Waals surface area contributed by atoms with Crippen LogP contribution in [0.3, 0.4) is 0 Å². The van der Waals surface area contributed by atoms with Crippen molar-refractivity contribution >= 4 is 0 Å². The molecule has 0 N–H and O–H groups in total.